The number of nitrogens with zero attached hydrogens (tertiary/aromatic N) is 3. The first-order chi connectivity index (χ1) is 12.4. The number of rotatable bonds is 7. The zero-order valence-corrected chi connectivity index (χ0v) is 15.6. The molecule has 1 aliphatic rings. The lowest BCUT2D eigenvalue weighted by molar-refractivity contribution is -0.122. The van der Waals surface area contributed by atoms with Crippen LogP contribution in [0.4, 0.5) is 0 Å². The Morgan fingerprint density at radius 2 is 2.12 bits per heavy atom. The van der Waals surface area contributed by atoms with Crippen LogP contribution < -0.4 is 5.32 Å². The molecule has 2 aromatic heterocycles. The molecule has 1 aliphatic heterocycles. The van der Waals surface area contributed by atoms with E-state index in [9.17, 15) is 13.2 Å². The molecule has 0 aromatic carbocycles. The topological polar surface area (TPSA) is 97.4 Å². The van der Waals surface area contributed by atoms with Gasteiger partial charge in [0.2, 0.25) is 5.91 Å². The van der Waals surface area contributed by atoms with Crippen molar-refractivity contribution in [1.29, 1.82) is 0 Å². The number of carbonyl (C=O) groups excluding carboxylic acids is 1. The van der Waals surface area contributed by atoms with Gasteiger partial charge in [-0.3, -0.25) is 4.79 Å². The summed E-state index contributed by atoms with van der Waals surface area (Å²) in [5, 5.41) is 2.87. The van der Waals surface area contributed by atoms with E-state index in [0.29, 0.717) is 19.5 Å². The number of sulfonamides is 1. The van der Waals surface area contributed by atoms with E-state index in [0.717, 1.165) is 25.0 Å². The minimum absolute atomic E-state index is 0.00386. The van der Waals surface area contributed by atoms with Crippen molar-refractivity contribution >= 4 is 15.9 Å². The van der Waals surface area contributed by atoms with Crippen LogP contribution in [0.3, 0.4) is 0 Å². The summed E-state index contributed by atoms with van der Waals surface area (Å²) in [4.78, 5) is 16.2. The van der Waals surface area contributed by atoms with E-state index in [4.69, 9.17) is 4.42 Å². The molecule has 0 aliphatic carbocycles. The van der Waals surface area contributed by atoms with Gasteiger partial charge in [-0.1, -0.05) is 6.42 Å². The zero-order chi connectivity index (χ0) is 18.6. The number of piperidine rings is 1. The average molecular weight is 380 g/mol. The van der Waals surface area contributed by atoms with Gasteiger partial charge < -0.3 is 14.3 Å². The smallest absolute Gasteiger partial charge is 0.262 e. The van der Waals surface area contributed by atoms with Gasteiger partial charge in [-0.05, 0) is 31.9 Å². The van der Waals surface area contributed by atoms with Crippen LogP contribution in [-0.4, -0.2) is 47.3 Å². The number of aromatic nitrogens is 2. The summed E-state index contributed by atoms with van der Waals surface area (Å²) in [5.74, 6) is 0.596. The van der Waals surface area contributed by atoms with Crippen molar-refractivity contribution < 1.29 is 17.6 Å². The maximum atomic E-state index is 12.6. The van der Waals surface area contributed by atoms with Crippen molar-refractivity contribution in [2.45, 2.75) is 50.2 Å². The van der Waals surface area contributed by atoms with Gasteiger partial charge in [-0.2, -0.15) is 4.31 Å². The summed E-state index contributed by atoms with van der Waals surface area (Å²) >= 11 is 0. The number of nitrogens with one attached hydrogen (secondary N) is 1. The fourth-order valence-corrected chi connectivity index (χ4v) is 4.52. The number of imidazole rings is 1. The summed E-state index contributed by atoms with van der Waals surface area (Å²) in [6, 6.07) is 3.57. The number of hydrogen-bond donors (Lipinski definition) is 1. The third kappa shape index (κ3) is 4.53. The molecule has 8 nitrogen and oxygen atoms in total. The SMILES string of the molecule is C[C@H](Cc1ccco1)NC(=O)Cn1cnc(S(=O)(=O)N2CCCCC2)c1. The molecule has 142 valence electrons. The van der Waals surface area contributed by atoms with E-state index < -0.39 is 10.0 Å². The maximum absolute atomic E-state index is 12.6. The van der Waals surface area contributed by atoms with E-state index in [1.807, 2.05) is 13.0 Å². The molecule has 2 aromatic rings. The number of hydrogen-bond acceptors (Lipinski definition) is 5. The molecule has 1 atom stereocenters. The Labute approximate surface area is 153 Å². The normalized spacial score (nSPS) is 17.1. The highest BCUT2D eigenvalue weighted by Gasteiger charge is 2.28. The monoisotopic (exact) mass is 380 g/mol. The molecule has 0 spiro atoms. The van der Waals surface area contributed by atoms with Crippen molar-refractivity contribution in [3.05, 3.63) is 36.7 Å². The number of amides is 1. The fourth-order valence-electron chi connectivity index (χ4n) is 3.06. The van der Waals surface area contributed by atoms with E-state index in [2.05, 4.69) is 10.3 Å². The van der Waals surface area contributed by atoms with Crippen LogP contribution in [0.2, 0.25) is 0 Å². The maximum Gasteiger partial charge on any atom is 0.262 e. The number of carbonyl (C=O) groups is 1. The quantitative estimate of drug-likeness (QED) is 0.783. The highest BCUT2D eigenvalue weighted by Crippen LogP contribution is 2.18. The number of furan rings is 1. The molecule has 0 bridgehead atoms. The summed E-state index contributed by atoms with van der Waals surface area (Å²) in [7, 11) is -3.58. The summed E-state index contributed by atoms with van der Waals surface area (Å²) in [6.07, 6.45) is 7.79. The molecule has 0 radical (unpaired) electrons. The Kier molecular flexibility index (Phi) is 5.77. The minimum atomic E-state index is -3.58. The van der Waals surface area contributed by atoms with Crippen LogP contribution in [-0.2, 0) is 27.8 Å². The van der Waals surface area contributed by atoms with Crippen molar-refractivity contribution in [2.75, 3.05) is 13.1 Å². The molecule has 3 heterocycles. The van der Waals surface area contributed by atoms with Gasteiger partial charge in [0.05, 0.1) is 12.6 Å². The first kappa shape index (κ1) is 18.7. The largest absolute Gasteiger partial charge is 0.469 e. The summed E-state index contributed by atoms with van der Waals surface area (Å²) < 4.78 is 33.4. The molecule has 26 heavy (non-hydrogen) atoms. The lowest BCUT2D eigenvalue weighted by atomic mass is 10.2. The predicted molar refractivity (Wildman–Crippen MR) is 94.9 cm³/mol. The average Bonchev–Trinajstić information content (AvgIpc) is 3.27. The molecular weight excluding hydrogens is 356 g/mol. The molecular formula is C17H24N4O4S. The Morgan fingerprint density at radius 3 is 2.81 bits per heavy atom. The van der Waals surface area contributed by atoms with Gasteiger partial charge in [0.1, 0.15) is 12.3 Å². The van der Waals surface area contributed by atoms with Gasteiger partial charge >= 0.3 is 0 Å². The molecule has 1 N–H and O–H groups in total. The lowest BCUT2D eigenvalue weighted by Crippen LogP contribution is -2.36. The Bertz CT molecular complexity index is 823. The van der Waals surface area contributed by atoms with Crippen molar-refractivity contribution in [3.63, 3.8) is 0 Å². The van der Waals surface area contributed by atoms with Crippen molar-refractivity contribution in [3.8, 4) is 0 Å². The molecule has 1 amide bonds. The van der Waals surface area contributed by atoms with Gasteiger partial charge in [-0.25, -0.2) is 13.4 Å². The highest BCUT2D eigenvalue weighted by molar-refractivity contribution is 7.89. The molecule has 3 rings (SSSR count). The van der Waals surface area contributed by atoms with E-state index in [1.54, 1.807) is 12.3 Å². The first-order valence-electron chi connectivity index (χ1n) is 8.79. The second kappa shape index (κ2) is 8.05. The Balaban J connectivity index is 1.56. The Morgan fingerprint density at radius 1 is 1.35 bits per heavy atom. The first-order valence-corrected chi connectivity index (χ1v) is 10.2. The third-order valence-electron chi connectivity index (χ3n) is 4.35. The lowest BCUT2D eigenvalue weighted by Gasteiger charge is -2.24. The van der Waals surface area contributed by atoms with E-state index in [-0.39, 0.29) is 23.5 Å². The minimum Gasteiger partial charge on any atom is -0.469 e. The Hall–Kier alpha value is -2.13. The summed E-state index contributed by atoms with van der Waals surface area (Å²) in [6.45, 7) is 2.96. The van der Waals surface area contributed by atoms with E-state index >= 15 is 0 Å². The zero-order valence-electron chi connectivity index (χ0n) is 14.8. The molecule has 0 unspecified atom stereocenters. The molecule has 1 saturated heterocycles. The van der Waals surface area contributed by atoms with Crippen LogP contribution in [0.1, 0.15) is 31.9 Å². The standard InChI is InChI=1S/C17H24N4O4S/c1-14(10-15-6-5-9-25-15)19-16(22)11-20-12-17(18-13-20)26(23,24)21-7-3-2-4-8-21/h5-6,9,12-14H,2-4,7-8,10-11H2,1H3,(H,19,22)/t14-/m1/s1. The second-order valence-corrected chi connectivity index (χ2v) is 8.49. The third-order valence-corrected chi connectivity index (χ3v) is 6.13. The second-order valence-electron chi connectivity index (χ2n) is 6.60. The van der Waals surface area contributed by atoms with Gasteiger partial charge in [0.15, 0.2) is 5.03 Å². The highest BCUT2D eigenvalue weighted by atomic mass is 32.2. The van der Waals surface area contributed by atoms with Gasteiger partial charge in [0.25, 0.3) is 10.0 Å². The molecule has 0 saturated carbocycles. The summed E-state index contributed by atoms with van der Waals surface area (Å²) in [5.41, 5.74) is 0. The molecule has 1 fully saturated rings. The van der Waals surface area contributed by atoms with Gasteiger partial charge in [-0.15, -0.1) is 0 Å². The molecule has 9 heteroatoms. The van der Waals surface area contributed by atoms with Crippen LogP contribution in [0.25, 0.3) is 0 Å². The van der Waals surface area contributed by atoms with Gasteiger partial charge in [0, 0.05) is 31.7 Å². The van der Waals surface area contributed by atoms with Crippen LogP contribution in [0.5, 0.6) is 0 Å². The van der Waals surface area contributed by atoms with Crippen molar-refractivity contribution in [2.24, 2.45) is 0 Å². The van der Waals surface area contributed by atoms with Crippen LogP contribution in [0, 0.1) is 0 Å². The van der Waals surface area contributed by atoms with Crippen molar-refractivity contribution in [1.82, 2.24) is 19.2 Å². The van der Waals surface area contributed by atoms with E-state index in [1.165, 1.54) is 21.4 Å². The fraction of sp³-hybridized carbons (Fsp3) is 0.529. The predicted octanol–water partition coefficient (Wildman–Crippen LogP) is 1.40. The van der Waals surface area contributed by atoms with Crippen LogP contribution >= 0.6 is 0 Å². The van der Waals surface area contributed by atoms with Crippen LogP contribution in [0.15, 0.2) is 40.4 Å².